The average molecular weight is 344 g/mol. The van der Waals surface area contributed by atoms with Crippen molar-refractivity contribution < 1.29 is 4.79 Å². The van der Waals surface area contributed by atoms with Crippen molar-refractivity contribution in [1.29, 1.82) is 0 Å². The van der Waals surface area contributed by atoms with Crippen molar-refractivity contribution in [2.24, 2.45) is 5.92 Å². The van der Waals surface area contributed by atoms with Gasteiger partial charge < -0.3 is 15.5 Å². The number of hydrogen-bond donors (Lipinski definition) is 2. The first kappa shape index (κ1) is 18.4. The lowest BCUT2D eigenvalue weighted by Gasteiger charge is -2.32. The van der Waals surface area contributed by atoms with E-state index in [1.165, 1.54) is 18.4 Å². The van der Waals surface area contributed by atoms with Crippen LogP contribution in [-0.4, -0.2) is 49.6 Å². The van der Waals surface area contributed by atoms with Crippen LogP contribution >= 0.6 is 0 Å². The Morgan fingerprint density at radius 2 is 1.80 bits per heavy atom. The predicted octanol–water partition coefficient (Wildman–Crippen LogP) is 2.59. The zero-order valence-electron chi connectivity index (χ0n) is 15.4. The molecule has 4 heteroatoms. The molecule has 0 atom stereocenters. The van der Waals surface area contributed by atoms with E-state index in [0.717, 1.165) is 64.3 Å². The van der Waals surface area contributed by atoms with Gasteiger partial charge in [-0.3, -0.25) is 4.79 Å². The third-order valence-corrected chi connectivity index (χ3v) is 5.75. The molecule has 2 saturated heterocycles. The smallest absolute Gasteiger partial charge is 0.220 e. The molecule has 4 nitrogen and oxygen atoms in total. The Hall–Kier alpha value is -1.39. The van der Waals surface area contributed by atoms with Gasteiger partial charge in [-0.2, -0.15) is 0 Å². The zero-order valence-corrected chi connectivity index (χ0v) is 15.4. The number of likely N-dealkylation sites (tertiary alicyclic amines) is 1. The number of nitrogens with one attached hydrogen (secondary N) is 2. The van der Waals surface area contributed by atoms with Gasteiger partial charge in [0, 0.05) is 32.1 Å². The second-order valence-electron chi connectivity index (χ2n) is 7.65. The quantitative estimate of drug-likeness (QED) is 0.800. The van der Waals surface area contributed by atoms with Gasteiger partial charge in [0.05, 0.1) is 0 Å². The van der Waals surface area contributed by atoms with Crippen LogP contribution in [0.4, 0.5) is 0 Å². The van der Waals surface area contributed by atoms with Crippen molar-refractivity contribution >= 4 is 5.91 Å². The van der Waals surface area contributed by atoms with E-state index in [-0.39, 0.29) is 5.91 Å². The van der Waals surface area contributed by atoms with Crippen LogP contribution in [-0.2, 0) is 11.2 Å². The number of carbonyl (C=O) groups excluding carboxylic acids is 1. The molecule has 1 aromatic carbocycles. The number of amides is 1. The van der Waals surface area contributed by atoms with E-state index in [4.69, 9.17) is 0 Å². The summed E-state index contributed by atoms with van der Waals surface area (Å²) in [5.74, 6) is 1.01. The molecule has 25 heavy (non-hydrogen) atoms. The minimum atomic E-state index is 0.265. The molecule has 2 aliphatic rings. The standard InChI is InChI=1S/C21H33N3O/c25-21(7-6-19-8-13-22-14-9-19)23-20-11-16-24(17-12-20)15-10-18-4-2-1-3-5-18/h1-5,19-20,22H,6-17H2,(H,23,25). The number of hydrogen-bond acceptors (Lipinski definition) is 3. The second-order valence-corrected chi connectivity index (χ2v) is 7.65. The van der Waals surface area contributed by atoms with E-state index in [2.05, 4.69) is 45.9 Å². The molecule has 0 radical (unpaired) electrons. The van der Waals surface area contributed by atoms with Crippen LogP contribution in [0.5, 0.6) is 0 Å². The maximum atomic E-state index is 12.2. The number of nitrogens with zero attached hydrogens (tertiary/aromatic N) is 1. The lowest BCUT2D eigenvalue weighted by Crippen LogP contribution is -2.45. The number of rotatable bonds is 7. The highest BCUT2D eigenvalue weighted by atomic mass is 16.1. The SMILES string of the molecule is O=C(CCC1CCNCC1)NC1CCN(CCc2ccccc2)CC1. The molecule has 0 saturated carbocycles. The van der Waals surface area contributed by atoms with Crippen LogP contribution < -0.4 is 10.6 Å². The highest BCUT2D eigenvalue weighted by molar-refractivity contribution is 5.76. The summed E-state index contributed by atoms with van der Waals surface area (Å²) in [6.07, 6.45) is 7.53. The maximum absolute atomic E-state index is 12.2. The Labute approximate surface area is 152 Å². The van der Waals surface area contributed by atoms with Crippen LogP contribution in [0, 0.1) is 5.92 Å². The summed E-state index contributed by atoms with van der Waals surface area (Å²) < 4.78 is 0. The van der Waals surface area contributed by atoms with Crippen LogP contribution in [0.25, 0.3) is 0 Å². The van der Waals surface area contributed by atoms with Gasteiger partial charge in [0.25, 0.3) is 0 Å². The van der Waals surface area contributed by atoms with Gasteiger partial charge in [-0.05, 0) is 63.1 Å². The van der Waals surface area contributed by atoms with Crippen LogP contribution in [0.15, 0.2) is 30.3 Å². The highest BCUT2D eigenvalue weighted by Gasteiger charge is 2.21. The summed E-state index contributed by atoms with van der Waals surface area (Å²) in [5, 5.41) is 6.66. The molecule has 3 rings (SSSR count). The van der Waals surface area contributed by atoms with Gasteiger partial charge in [0.1, 0.15) is 0 Å². The highest BCUT2D eigenvalue weighted by Crippen LogP contribution is 2.18. The molecular weight excluding hydrogens is 310 g/mol. The first-order valence-electron chi connectivity index (χ1n) is 10.1. The van der Waals surface area contributed by atoms with Gasteiger partial charge in [-0.25, -0.2) is 0 Å². The van der Waals surface area contributed by atoms with E-state index in [9.17, 15) is 4.79 Å². The average Bonchev–Trinajstić information content (AvgIpc) is 2.67. The number of carbonyl (C=O) groups is 1. The molecule has 0 unspecified atom stereocenters. The summed E-state index contributed by atoms with van der Waals surface area (Å²) in [5.41, 5.74) is 1.41. The van der Waals surface area contributed by atoms with Crippen LogP contribution in [0.3, 0.4) is 0 Å². The van der Waals surface area contributed by atoms with Gasteiger partial charge in [0.2, 0.25) is 5.91 Å². The third kappa shape index (κ3) is 6.44. The fourth-order valence-electron chi connectivity index (χ4n) is 4.04. The van der Waals surface area contributed by atoms with E-state index < -0.39 is 0 Å². The van der Waals surface area contributed by atoms with E-state index in [0.29, 0.717) is 12.5 Å². The molecule has 1 aromatic rings. The van der Waals surface area contributed by atoms with Gasteiger partial charge in [-0.1, -0.05) is 30.3 Å². The Balaban J connectivity index is 1.28. The Bertz CT molecular complexity index is 505. The largest absolute Gasteiger partial charge is 0.353 e. The third-order valence-electron chi connectivity index (χ3n) is 5.75. The Morgan fingerprint density at radius 1 is 1.08 bits per heavy atom. The van der Waals surface area contributed by atoms with E-state index in [1.807, 2.05) is 0 Å². The van der Waals surface area contributed by atoms with Crippen molar-refractivity contribution in [1.82, 2.24) is 15.5 Å². The summed E-state index contributed by atoms with van der Waals surface area (Å²) >= 11 is 0. The molecule has 2 fully saturated rings. The summed E-state index contributed by atoms with van der Waals surface area (Å²) in [7, 11) is 0. The number of benzene rings is 1. The summed E-state index contributed by atoms with van der Waals surface area (Å²) in [6.45, 7) is 5.57. The van der Waals surface area contributed by atoms with Crippen LogP contribution in [0.2, 0.25) is 0 Å². The van der Waals surface area contributed by atoms with Crippen molar-refractivity contribution in [3.8, 4) is 0 Å². The topological polar surface area (TPSA) is 44.4 Å². The first-order valence-corrected chi connectivity index (χ1v) is 10.1. The molecule has 138 valence electrons. The summed E-state index contributed by atoms with van der Waals surface area (Å²) in [4.78, 5) is 14.7. The lowest BCUT2D eigenvalue weighted by molar-refractivity contribution is -0.122. The van der Waals surface area contributed by atoms with E-state index >= 15 is 0 Å². The molecule has 0 spiro atoms. The molecular formula is C21H33N3O. The minimum Gasteiger partial charge on any atom is -0.353 e. The second kappa shape index (κ2) is 9.93. The Morgan fingerprint density at radius 3 is 2.52 bits per heavy atom. The normalized spacial score (nSPS) is 20.5. The van der Waals surface area contributed by atoms with Crippen molar-refractivity contribution in [2.45, 2.75) is 51.0 Å². The molecule has 2 heterocycles. The molecule has 0 aliphatic carbocycles. The van der Waals surface area contributed by atoms with Crippen molar-refractivity contribution in [3.05, 3.63) is 35.9 Å². The molecule has 2 N–H and O–H groups in total. The molecule has 0 aromatic heterocycles. The van der Waals surface area contributed by atoms with Gasteiger partial charge in [-0.15, -0.1) is 0 Å². The van der Waals surface area contributed by atoms with E-state index in [1.54, 1.807) is 0 Å². The van der Waals surface area contributed by atoms with Gasteiger partial charge >= 0.3 is 0 Å². The molecule has 2 aliphatic heterocycles. The summed E-state index contributed by atoms with van der Waals surface area (Å²) in [6, 6.07) is 11.1. The molecule has 0 bridgehead atoms. The fraction of sp³-hybridized carbons (Fsp3) is 0.667. The van der Waals surface area contributed by atoms with Crippen molar-refractivity contribution in [2.75, 3.05) is 32.7 Å². The van der Waals surface area contributed by atoms with Crippen LogP contribution in [0.1, 0.15) is 44.1 Å². The first-order chi connectivity index (χ1) is 12.3. The lowest BCUT2D eigenvalue weighted by atomic mass is 9.93. The minimum absolute atomic E-state index is 0.265. The maximum Gasteiger partial charge on any atom is 0.220 e. The van der Waals surface area contributed by atoms with Gasteiger partial charge in [0.15, 0.2) is 0 Å². The number of piperidine rings is 2. The fourth-order valence-corrected chi connectivity index (χ4v) is 4.04. The predicted molar refractivity (Wildman–Crippen MR) is 103 cm³/mol. The Kier molecular flexibility index (Phi) is 7.31. The molecule has 1 amide bonds. The zero-order chi connectivity index (χ0) is 17.3. The monoisotopic (exact) mass is 343 g/mol. The van der Waals surface area contributed by atoms with Crippen molar-refractivity contribution in [3.63, 3.8) is 0 Å².